The lowest BCUT2D eigenvalue weighted by atomic mass is 10.2. The number of benzene rings is 1. The molecular formula is C11H15FN2O3. The summed E-state index contributed by atoms with van der Waals surface area (Å²) in [5.41, 5.74) is -0.325. The first kappa shape index (κ1) is 13.4. The van der Waals surface area contributed by atoms with Crippen molar-refractivity contribution in [1.82, 2.24) is 0 Å². The van der Waals surface area contributed by atoms with E-state index in [1.54, 1.807) is 0 Å². The predicted molar refractivity (Wildman–Crippen MR) is 62.5 cm³/mol. The minimum atomic E-state index is -0.838. The Morgan fingerprint density at radius 2 is 2.12 bits per heavy atom. The van der Waals surface area contributed by atoms with Gasteiger partial charge in [-0.05, 0) is 31.4 Å². The molecule has 1 aromatic carbocycles. The van der Waals surface area contributed by atoms with E-state index >= 15 is 0 Å². The molecule has 0 bridgehead atoms. The van der Waals surface area contributed by atoms with Crippen molar-refractivity contribution in [3.63, 3.8) is 0 Å². The highest BCUT2D eigenvalue weighted by molar-refractivity contribution is 5.61. The Hall–Kier alpha value is -1.69. The molecule has 0 atom stereocenters. The second-order valence-electron chi connectivity index (χ2n) is 3.60. The second kappa shape index (κ2) is 6.80. The summed E-state index contributed by atoms with van der Waals surface area (Å²) in [6, 6.07) is 3.97. The van der Waals surface area contributed by atoms with Gasteiger partial charge in [-0.1, -0.05) is 6.07 Å². The maximum absolute atomic E-state index is 13.2. The lowest BCUT2D eigenvalue weighted by Crippen LogP contribution is -2.05. The largest absolute Gasteiger partial charge is 0.396 e. The minimum absolute atomic E-state index is 0.139. The lowest BCUT2D eigenvalue weighted by Gasteiger charge is -2.06. The average molecular weight is 242 g/mol. The van der Waals surface area contributed by atoms with Crippen LogP contribution in [0.4, 0.5) is 15.8 Å². The van der Waals surface area contributed by atoms with Crippen molar-refractivity contribution in [2.45, 2.75) is 19.3 Å². The van der Waals surface area contributed by atoms with Gasteiger partial charge in [0.2, 0.25) is 5.82 Å². The van der Waals surface area contributed by atoms with E-state index in [-0.39, 0.29) is 12.3 Å². The molecule has 0 fully saturated rings. The summed E-state index contributed by atoms with van der Waals surface area (Å²) in [6.45, 7) is 0.657. The molecule has 0 aliphatic carbocycles. The molecule has 94 valence electrons. The van der Waals surface area contributed by atoms with Crippen molar-refractivity contribution < 1.29 is 14.4 Å². The number of rotatable bonds is 7. The van der Waals surface area contributed by atoms with E-state index in [0.717, 1.165) is 18.9 Å². The highest BCUT2D eigenvalue weighted by Crippen LogP contribution is 2.27. The molecule has 2 N–H and O–H groups in total. The predicted octanol–water partition coefficient (Wildman–Crippen LogP) is 2.31. The number of nitro groups is 1. The molecule has 0 saturated carbocycles. The van der Waals surface area contributed by atoms with Gasteiger partial charge in [0.05, 0.1) is 4.92 Å². The third kappa shape index (κ3) is 3.99. The highest BCUT2D eigenvalue weighted by atomic mass is 19.1. The number of nitro benzene ring substituents is 1. The quantitative estimate of drug-likeness (QED) is 0.437. The number of para-hydroxylation sites is 1. The van der Waals surface area contributed by atoms with Gasteiger partial charge in [-0.3, -0.25) is 10.1 Å². The number of hydrogen-bond acceptors (Lipinski definition) is 4. The molecule has 1 aromatic rings. The van der Waals surface area contributed by atoms with E-state index in [1.165, 1.54) is 12.1 Å². The number of anilines is 1. The molecule has 0 amide bonds. The summed E-state index contributed by atoms with van der Waals surface area (Å²) < 4.78 is 13.2. The molecule has 0 aliphatic heterocycles. The molecule has 0 aromatic heterocycles. The number of hydrogen-bond donors (Lipinski definition) is 2. The third-order valence-electron chi connectivity index (χ3n) is 2.32. The van der Waals surface area contributed by atoms with Crippen LogP contribution < -0.4 is 5.32 Å². The number of unbranched alkanes of at least 4 members (excludes halogenated alkanes) is 2. The molecule has 0 spiro atoms. The van der Waals surface area contributed by atoms with Crippen molar-refractivity contribution in [2.75, 3.05) is 18.5 Å². The molecule has 1 rings (SSSR count). The Morgan fingerprint density at radius 1 is 1.35 bits per heavy atom. The number of aliphatic hydroxyl groups excluding tert-OH is 1. The van der Waals surface area contributed by atoms with Gasteiger partial charge in [-0.15, -0.1) is 0 Å². The van der Waals surface area contributed by atoms with Crippen LogP contribution in [0.25, 0.3) is 0 Å². The zero-order valence-electron chi connectivity index (χ0n) is 9.36. The zero-order valence-corrected chi connectivity index (χ0v) is 9.36. The van der Waals surface area contributed by atoms with E-state index in [0.29, 0.717) is 13.0 Å². The first-order chi connectivity index (χ1) is 8.16. The van der Waals surface area contributed by atoms with Gasteiger partial charge in [-0.2, -0.15) is 4.39 Å². The fraction of sp³-hybridized carbons (Fsp3) is 0.455. The highest BCUT2D eigenvalue weighted by Gasteiger charge is 2.18. The van der Waals surface area contributed by atoms with Crippen molar-refractivity contribution in [2.24, 2.45) is 0 Å². The zero-order chi connectivity index (χ0) is 12.7. The van der Waals surface area contributed by atoms with Gasteiger partial charge < -0.3 is 10.4 Å². The van der Waals surface area contributed by atoms with Crippen LogP contribution in [0.2, 0.25) is 0 Å². The van der Waals surface area contributed by atoms with Gasteiger partial charge in [0.25, 0.3) is 0 Å². The Morgan fingerprint density at radius 3 is 2.76 bits per heavy atom. The molecule has 17 heavy (non-hydrogen) atoms. The van der Waals surface area contributed by atoms with Crippen LogP contribution in [0, 0.1) is 15.9 Å². The van der Waals surface area contributed by atoms with Crippen molar-refractivity contribution >= 4 is 11.4 Å². The number of nitrogens with zero attached hydrogens (tertiary/aromatic N) is 1. The molecule has 0 unspecified atom stereocenters. The summed E-state index contributed by atoms with van der Waals surface area (Å²) in [7, 11) is 0. The molecular weight excluding hydrogens is 227 g/mol. The smallest absolute Gasteiger partial charge is 0.327 e. The topological polar surface area (TPSA) is 75.4 Å². The maximum atomic E-state index is 13.2. The Kier molecular flexibility index (Phi) is 5.35. The Bertz CT molecular complexity index is 385. The molecule has 5 nitrogen and oxygen atoms in total. The lowest BCUT2D eigenvalue weighted by molar-refractivity contribution is -0.386. The average Bonchev–Trinajstić information content (AvgIpc) is 2.28. The normalized spacial score (nSPS) is 10.2. The van der Waals surface area contributed by atoms with E-state index in [2.05, 4.69) is 5.32 Å². The van der Waals surface area contributed by atoms with E-state index in [4.69, 9.17) is 5.11 Å². The fourth-order valence-corrected chi connectivity index (χ4v) is 1.48. The number of aliphatic hydroxyl groups is 1. The first-order valence-electron chi connectivity index (χ1n) is 5.44. The van der Waals surface area contributed by atoms with E-state index in [1.807, 2.05) is 0 Å². The van der Waals surface area contributed by atoms with E-state index < -0.39 is 16.4 Å². The first-order valence-corrected chi connectivity index (χ1v) is 5.44. The summed E-state index contributed by atoms with van der Waals surface area (Å²) in [5.74, 6) is -0.838. The van der Waals surface area contributed by atoms with Gasteiger partial charge in [0.1, 0.15) is 5.69 Å². The Labute approximate surface area is 98.4 Å². The molecule has 6 heteroatoms. The molecule has 0 heterocycles. The van der Waals surface area contributed by atoms with E-state index in [9.17, 15) is 14.5 Å². The number of nitrogens with one attached hydrogen (secondary N) is 1. The minimum Gasteiger partial charge on any atom is -0.396 e. The van der Waals surface area contributed by atoms with Gasteiger partial charge in [0.15, 0.2) is 0 Å². The summed E-state index contributed by atoms with van der Waals surface area (Å²) in [6.07, 6.45) is 2.30. The van der Waals surface area contributed by atoms with Crippen LogP contribution in [0.1, 0.15) is 19.3 Å². The Balaban J connectivity index is 2.58. The summed E-state index contributed by atoms with van der Waals surface area (Å²) in [5, 5.41) is 22.1. The van der Waals surface area contributed by atoms with Gasteiger partial charge in [-0.25, -0.2) is 0 Å². The van der Waals surface area contributed by atoms with Gasteiger partial charge >= 0.3 is 5.69 Å². The van der Waals surface area contributed by atoms with Gasteiger partial charge in [0, 0.05) is 13.2 Å². The summed E-state index contributed by atoms with van der Waals surface area (Å²) in [4.78, 5) is 9.94. The van der Waals surface area contributed by atoms with Crippen molar-refractivity contribution in [3.05, 3.63) is 34.1 Å². The standard InChI is InChI=1S/C11H15FN2O3/c12-9-5-4-6-10(11(9)14(16)17)13-7-2-1-3-8-15/h4-6,13,15H,1-3,7-8H2. The fourth-order valence-electron chi connectivity index (χ4n) is 1.48. The molecule has 0 saturated heterocycles. The second-order valence-corrected chi connectivity index (χ2v) is 3.60. The maximum Gasteiger partial charge on any atom is 0.327 e. The van der Waals surface area contributed by atoms with Crippen molar-refractivity contribution in [1.29, 1.82) is 0 Å². The SMILES string of the molecule is O=[N+]([O-])c1c(F)cccc1NCCCCCO. The molecule has 0 aliphatic rings. The monoisotopic (exact) mass is 242 g/mol. The van der Waals surface area contributed by atoms with Crippen LogP contribution in [-0.2, 0) is 0 Å². The van der Waals surface area contributed by atoms with Crippen LogP contribution in [0.3, 0.4) is 0 Å². The van der Waals surface area contributed by atoms with Crippen molar-refractivity contribution in [3.8, 4) is 0 Å². The van der Waals surface area contributed by atoms with Crippen LogP contribution >= 0.6 is 0 Å². The van der Waals surface area contributed by atoms with Crippen LogP contribution in [0.15, 0.2) is 18.2 Å². The third-order valence-corrected chi connectivity index (χ3v) is 2.32. The summed E-state index contributed by atoms with van der Waals surface area (Å²) >= 11 is 0. The molecule has 0 radical (unpaired) electrons. The number of halogens is 1. The van der Waals surface area contributed by atoms with Crippen LogP contribution in [-0.4, -0.2) is 23.2 Å². The van der Waals surface area contributed by atoms with Crippen LogP contribution in [0.5, 0.6) is 0 Å².